The second kappa shape index (κ2) is 2.29. The Morgan fingerprint density at radius 3 is 3.09 bits per heavy atom. The number of hydrogen-bond acceptors (Lipinski definition) is 3. The molecule has 2 unspecified atom stereocenters. The normalized spacial score (nSPS) is 30.0. The molecule has 0 radical (unpaired) electrons. The van der Waals surface area contributed by atoms with E-state index in [0.717, 1.165) is 12.2 Å². The summed E-state index contributed by atoms with van der Waals surface area (Å²) in [6.07, 6.45) is 2.24. The zero-order chi connectivity index (χ0) is 7.84. The maximum atomic E-state index is 3.94. The van der Waals surface area contributed by atoms with Gasteiger partial charge in [0.25, 0.3) is 0 Å². The minimum Gasteiger partial charge on any atom is -0.227 e. The number of nitrogens with zero attached hydrogens (tertiary/aromatic N) is 4. The third kappa shape index (κ3) is 0.931. The number of aryl methyl sites for hydroxylation is 1. The van der Waals surface area contributed by atoms with Gasteiger partial charge in [-0.3, -0.25) is 0 Å². The van der Waals surface area contributed by atoms with E-state index < -0.39 is 0 Å². The first-order chi connectivity index (χ1) is 5.29. The van der Waals surface area contributed by atoms with Gasteiger partial charge in [0.2, 0.25) is 0 Å². The van der Waals surface area contributed by atoms with Gasteiger partial charge in [-0.05, 0) is 29.7 Å². The lowest BCUT2D eigenvalue weighted by Gasteiger charge is -2.25. The summed E-state index contributed by atoms with van der Waals surface area (Å²) in [6.45, 7) is 4.42. The van der Waals surface area contributed by atoms with Crippen LogP contribution in [0.5, 0.6) is 0 Å². The molecule has 0 bridgehead atoms. The summed E-state index contributed by atoms with van der Waals surface area (Å²) in [4.78, 5) is 0. The van der Waals surface area contributed by atoms with E-state index in [0.29, 0.717) is 12.0 Å². The molecule has 2 heterocycles. The van der Waals surface area contributed by atoms with E-state index in [2.05, 4.69) is 29.4 Å². The SMILES string of the molecule is CC1CCc2nnnn2C1C. The van der Waals surface area contributed by atoms with Crippen LogP contribution in [0, 0.1) is 5.92 Å². The van der Waals surface area contributed by atoms with Crippen LogP contribution in [0.15, 0.2) is 0 Å². The monoisotopic (exact) mass is 152 g/mol. The van der Waals surface area contributed by atoms with E-state index in [1.54, 1.807) is 0 Å². The molecule has 1 aliphatic rings. The molecular formula is C7H12N4. The third-order valence-electron chi connectivity index (χ3n) is 2.59. The zero-order valence-electron chi connectivity index (χ0n) is 6.86. The van der Waals surface area contributed by atoms with Crippen LogP contribution < -0.4 is 0 Å². The van der Waals surface area contributed by atoms with Gasteiger partial charge in [-0.1, -0.05) is 6.92 Å². The Bertz CT molecular complexity index is 255. The van der Waals surface area contributed by atoms with Crippen molar-refractivity contribution in [3.8, 4) is 0 Å². The number of fused-ring (bicyclic) bond motifs is 1. The summed E-state index contributed by atoms with van der Waals surface area (Å²) in [5.74, 6) is 1.74. The number of hydrogen-bond donors (Lipinski definition) is 0. The average Bonchev–Trinajstić information content (AvgIpc) is 2.45. The molecule has 0 amide bonds. The molecule has 0 aliphatic carbocycles. The highest BCUT2D eigenvalue weighted by Gasteiger charge is 2.24. The van der Waals surface area contributed by atoms with E-state index in [4.69, 9.17) is 0 Å². The molecule has 0 saturated heterocycles. The van der Waals surface area contributed by atoms with Crippen molar-refractivity contribution in [2.45, 2.75) is 32.7 Å². The molecule has 0 fully saturated rings. The Hall–Kier alpha value is -0.930. The predicted molar refractivity (Wildman–Crippen MR) is 40.0 cm³/mol. The summed E-state index contributed by atoms with van der Waals surface area (Å²) in [7, 11) is 0. The Morgan fingerprint density at radius 2 is 2.27 bits per heavy atom. The molecular weight excluding hydrogens is 140 g/mol. The lowest BCUT2D eigenvalue weighted by atomic mass is 9.94. The third-order valence-corrected chi connectivity index (χ3v) is 2.59. The van der Waals surface area contributed by atoms with Crippen LogP contribution in [0.3, 0.4) is 0 Å². The number of tetrazole rings is 1. The van der Waals surface area contributed by atoms with Crippen molar-refractivity contribution in [3.05, 3.63) is 5.82 Å². The van der Waals surface area contributed by atoms with E-state index in [-0.39, 0.29) is 0 Å². The Morgan fingerprint density at radius 1 is 1.45 bits per heavy atom. The van der Waals surface area contributed by atoms with E-state index >= 15 is 0 Å². The summed E-state index contributed by atoms with van der Waals surface area (Å²) in [5.41, 5.74) is 0. The first-order valence-corrected chi connectivity index (χ1v) is 4.06. The summed E-state index contributed by atoms with van der Waals surface area (Å²) in [5, 5.41) is 11.5. The van der Waals surface area contributed by atoms with Gasteiger partial charge < -0.3 is 0 Å². The molecule has 0 aromatic carbocycles. The van der Waals surface area contributed by atoms with Gasteiger partial charge >= 0.3 is 0 Å². The summed E-state index contributed by atoms with van der Waals surface area (Å²) in [6, 6.07) is 0.466. The van der Waals surface area contributed by atoms with Crippen molar-refractivity contribution in [1.82, 2.24) is 20.2 Å². The Balaban J connectivity index is 2.38. The van der Waals surface area contributed by atoms with Gasteiger partial charge in [-0.15, -0.1) is 5.10 Å². The molecule has 2 atom stereocenters. The fraction of sp³-hybridized carbons (Fsp3) is 0.857. The molecule has 0 N–H and O–H groups in total. The fourth-order valence-electron chi connectivity index (χ4n) is 1.53. The van der Waals surface area contributed by atoms with Gasteiger partial charge in [0, 0.05) is 6.42 Å². The van der Waals surface area contributed by atoms with Gasteiger partial charge in [-0.2, -0.15) is 0 Å². The van der Waals surface area contributed by atoms with Crippen LogP contribution >= 0.6 is 0 Å². The molecule has 1 aromatic rings. The number of aromatic nitrogens is 4. The fourth-order valence-corrected chi connectivity index (χ4v) is 1.53. The Labute approximate surface area is 65.6 Å². The van der Waals surface area contributed by atoms with Crippen LogP contribution in [0.2, 0.25) is 0 Å². The molecule has 4 nitrogen and oxygen atoms in total. The van der Waals surface area contributed by atoms with Crippen LogP contribution in [0.4, 0.5) is 0 Å². The quantitative estimate of drug-likeness (QED) is 0.552. The van der Waals surface area contributed by atoms with E-state index in [1.165, 1.54) is 6.42 Å². The smallest absolute Gasteiger partial charge is 0.151 e. The van der Waals surface area contributed by atoms with Gasteiger partial charge in [0.15, 0.2) is 5.82 Å². The largest absolute Gasteiger partial charge is 0.227 e. The molecule has 60 valence electrons. The first-order valence-electron chi connectivity index (χ1n) is 4.06. The molecule has 1 aliphatic heterocycles. The number of rotatable bonds is 0. The first kappa shape index (κ1) is 6.76. The van der Waals surface area contributed by atoms with Crippen molar-refractivity contribution in [3.63, 3.8) is 0 Å². The lowest BCUT2D eigenvalue weighted by Crippen LogP contribution is -2.23. The van der Waals surface area contributed by atoms with E-state index in [1.807, 2.05) is 4.68 Å². The van der Waals surface area contributed by atoms with E-state index in [9.17, 15) is 0 Å². The summed E-state index contributed by atoms with van der Waals surface area (Å²) < 4.78 is 1.94. The van der Waals surface area contributed by atoms with Crippen molar-refractivity contribution >= 4 is 0 Å². The van der Waals surface area contributed by atoms with Gasteiger partial charge in [-0.25, -0.2) is 4.68 Å². The highest BCUT2D eigenvalue weighted by atomic mass is 15.6. The van der Waals surface area contributed by atoms with Crippen LogP contribution in [0.25, 0.3) is 0 Å². The second-order valence-electron chi connectivity index (χ2n) is 3.30. The standard InChI is InChI=1S/C7H12N4/c1-5-3-4-7-8-9-10-11(7)6(5)2/h5-6H,3-4H2,1-2H3. The molecule has 4 heteroatoms. The molecule has 2 rings (SSSR count). The Kier molecular flexibility index (Phi) is 1.41. The maximum Gasteiger partial charge on any atom is 0.151 e. The summed E-state index contributed by atoms with van der Waals surface area (Å²) >= 11 is 0. The topological polar surface area (TPSA) is 43.6 Å². The average molecular weight is 152 g/mol. The van der Waals surface area contributed by atoms with Crippen molar-refractivity contribution in [1.29, 1.82) is 0 Å². The maximum absolute atomic E-state index is 3.94. The van der Waals surface area contributed by atoms with Crippen LogP contribution in [-0.4, -0.2) is 20.2 Å². The molecule has 11 heavy (non-hydrogen) atoms. The van der Waals surface area contributed by atoms with Gasteiger partial charge in [0.1, 0.15) is 0 Å². The highest BCUT2D eigenvalue weighted by Crippen LogP contribution is 2.26. The minimum atomic E-state index is 0.466. The highest BCUT2D eigenvalue weighted by molar-refractivity contribution is 4.90. The molecule has 0 spiro atoms. The molecule has 0 saturated carbocycles. The lowest BCUT2D eigenvalue weighted by molar-refractivity contribution is 0.285. The van der Waals surface area contributed by atoms with Crippen LogP contribution in [0.1, 0.15) is 32.1 Å². The minimum absolute atomic E-state index is 0.466. The zero-order valence-corrected chi connectivity index (χ0v) is 6.86. The second-order valence-corrected chi connectivity index (χ2v) is 3.30. The van der Waals surface area contributed by atoms with Gasteiger partial charge in [0.05, 0.1) is 6.04 Å². The predicted octanol–water partition coefficient (Wildman–Crippen LogP) is 0.816. The van der Waals surface area contributed by atoms with Crippen molar-refractivity contribution in [2.24, 2.45) is 5.92 Å². The molecule has 1 aromatic heterocycles. The van der Waals surface area contributed by atoms with Crippen molar-refractivity contribution in [2.75, 3.05) is 0 Å². The van der Waals surface area contributed by atoms with Crippen molar-refractivity contribution < 1.29 is 0 Å². The van der Waals surface area contributed by atoms with Crippen LogP contribution in [-0.2, 0) is 6.42 Å².